The molecule has 2 amide bonds. The molecule has 206 valence electrons. The number of alkyl halides is 6. The maximum absolute atomic E-state index is 14.0. The van der Waals surface area contributed by atoms with Crippen LogP contribution in [0.1, 0.15) is 43.4 Å². The van der Waals surface area contributed by atoms with Crippen molar-refractivity contribution < 1.29 is 39.7 Å². The summed E-state index contributed by atoms with van der Waals surface area (Å²) >= 11 is 0. The van der Waals surface area contributed by atoms with E-state index in [2.05, 4.69) is 0 Å². The summed E-state index contributed by atoms with van der Waals surface area (Å²) in [5.74, 6) is -0.770. The van der Waals surface area contributed by atoms with Gasteiger partial charge in [-0.2, -0.15) is 26.3 Å². The van der Waals surface area contributed by atoms with E-state index < -0.39 is 64.1 Å². The Labute approximate surface area is 213 Å². The Hall–Kier alpha value is -2.37. The zero-order chi connectivity index (χ0) is 27.9. The fraction of sp³-hybridized carbons (Fsp3) is 0.560. The van der Waals surface area contributed by atoms with E-state index in [0.29, 0.717) is 25.0 Å². The normalized spacial score (nSPS) is 25.0. The summed E-state index contributed by atoms with van der Waals surface area (Å²) in [4.78, 5) is 16.1. The minimum Gasteiger partial charge on any atom is -0.323 e. The zero-order valence-corrected chi connectivity index (χ0v) is 21.6. The third-order valence-electron chi connectivity index (χ3n) is 6.95. The fourth-order valence-corrected chi connectivity index (χ4v) is 5.99. The second kappa shape index (κ2) is 10.4. The Morgan fingerprint density at radius 3 is 2.16 bits per heavy atom. The number of hydrogen-bond acceptors (Lipinski definition) is 2. The molecule has 2 unspecified atom stereocenters. The average Bonchev–Trinajstić information content (AvgIpc) is 2.76. The highest BCUT2D eigenvalue weighted by atomic mass is 32.2. The van der Waals surface area contributed by atoms with Crippen molar-refractivity contribution in [2.45, 2.75) is 56.9 Å². The summed E-state index contributed by atoms with van der Waals surface area (Å²) < 4.78 is 106. The van der Waals surface area contributed by atoms with Crippen LogP contribution in [-0.2, 0) is 29.7 Å². The van der Waals surface area contributed by atoms with E-state index in [1.54, 1.807) is 26.2 Å². The Morgan fingerprint density at radius 2 is 1.68 bits per heavy atom. The number of nitrogens with zero attached hydrogens (tertiary/aromatic N) is 2. The first-order valence-corrected chi connectivity index (χ1v) is 13.2. The van der Waals surface area contributed by atoms with Crippen molar-refractivity contribution in [1.29, 1.82) is 0 Å². The predicted molar refractivity (Wildman–Crippen MR) is 126 cm³/mol. The van der Waals surface area contributed by atoms with Crippen LogP contribution < -0.4 is 0 Å². The van der Waals surface area contributed by atoms with Crippen molar-refractivity contribution in [2.24, 2.45) is 11.3 Å². The second-order valence-corrected chi connectivity index (χ2v) is 11.9. The number of hydrogen-bond donors (Lipinski definition) is 0. The van der Waals surface area contributed by atoms with Gasteiger partial charge in [-0.25, -0.2) is 9.18 Å². The van der Waals surface area contributed by atoms with Gasteiger partial charge in [-0.1, -0.05) is 19.9 Å². The van der Waals surface area contributed by atoms with Gasteiger partial charge in [-0.05, 0) is 54.2 Å². The van der Waals surface area contributed by atoms with Gasteiger partial charge in [-0.15, -0.1) is 0 Å². The Balaban J connectivity index is 1.91. The van der Waals surface area contributed by atoms with Gasteiger partial charge in [0, 0.05) is 54.4 Å². The van der Waals surface area contributed by atoms with E-state index in [9.17, 15) is 39.7 Å². The summed E-state index contributed by atoms with van der Waals surface area (Å²) in [5.41, 5.74) is -3.92. The highest BCUT2D eigenvalue weighted by Crippen LogP contribution is 2.42. The van der Waals surface area contributed by atoms with Crippen LogP contribution in [0.3, 0.4) is 0 Å². The molecule has 0 bridgehead atoms. The molecule has 1 heterocycles. The number of carbonyl (C=O) groups is 1. The van der Waals surface area contributed by atoms with Gasteiger partial charge < -0.3 is 9.80 Å². The summed E-state index contributed by atoms with van der Waals surface area (Å²) in [6.07, 6.45) is -3.25. The van der Waals surface area contributed by atoms with E-state index in [0.717, 1.165) is 4.90 Å². The Bertz CT molecular complexity index is 1080. The third-order valence-corrected chi connectivity index (χ3v) is 8.32. The van der Waals surface area contributed by atoms with E-state index in [4.69, 9.17) is 0 Å². The number of benzene rings is 1. The molecular formula is C25H29F7N2O2S. The highest BCUT2D eigenvalue weighted by Gasteiger charge is 2.44. The number of amides is 2. The van der Waals surface area contributed by atoms with Crippen molar-refractivity contribution in [1.82, 2.24) is 9.80 Å². The smallest absolute Gasteiger partial charge is 0.323 e. The number of carbonyl (C=O) groups excluding carboxylic acids is 1. The Morgan fingerprint density at radius 1 is 1.11 bits per heavy atom. The van der Waals surface area contributed by atoms with Crippen molar-refractivity contribution in [2.75, 3.05) is 19.8 Å². The number of piperidine rings is 1. The number of halogens is 7. The van der Waals surface area contributed by atoms with E-state index >= 15 is 0 Å². The molecule has 2 aliphatic rings. The van der Waals surface area contributed by atoms with Crippen LogP contribution in [0.2, 0.25) is 0 Å². The van der Waals surface area contributed by atoms with Crippen LogP contribution in [0.4, 0.5) is 35.5 Å². The van der Waals surface area contributed by atoms with E-state index in [-0.39, 0.29) is 29.3 Å². The molecule has 4 atom stereocenters. The maximum Gasteiger partial charge on any atom is 0.416 e. The molecule has 0 radical (unpaired) electrons. The lowest BCUT2D eigenvalue weighted by atomic mass is 9.70. The topological polar surface area (TPSA) is 40.6 Å². The highest BCUT2D eigenvalue weighted by molar-refractivity contribution is 7.84. The number of likely N-dealkylation sites (tertiary alicyclic amines) is 1. The molecule has 37 heavy (non-hydrogen) atoms. The fourth-order valence-electron chi connectivity index (χ4n) is 5.08. The van der Waals surface area contributed by atoms with E-state index in [1.165, 1.54) is 24.1 Å². The summed E-state index contributed by atoms with van der Waals surface area (Å²) in [7, 11) is 0.124. The van der Waals surface area contributed by atoms with Crippen LogP contribution in [0.15, 0.2) is 42.3 Å². The summed E-state index contributed by atoms with van der Waals surface area (Å²) in [5, 5.41) is -0.211. The minimum atomic E-state index is -5.00. The molecule has 1 aromatic rings. The molecule has 12 heteroatoms. The number of rotatable bonds is 4. The zero-order valence-electron chi connectivity index (χ0n) is 20.8. The second-order valence-electron chi connectivity index (χ2n) is 10.2. The minimum absolute atomic E-state index is 0.0428. The van der Waals surface area contributed by atoms with Crippen molar-refractivity contribution >= 4 is 16.8 Å². The molecule has 1 aromatic carbocycles. The third kappa shape index (κ3) is 6.74. The molecule has 1 aliphatic carbocycles. The van der Waals surface area contributed by atoms with Crippen LogP contribution in [0, 0.1) is 11.3 Å². The first kappa shape index (κ1) is 29.2. The maximum atomic E-state index is 14.0. The van der Waals surface area contributed by atoms with Crippen molar-refractivity contribution in [3.63, 3.8) is 0 Å². The number of urea groups is 1. The van der Waals surface area contributed by atoms with Gasteiger partial charge in [-0.3, -0.25) is 4.21 Å². The lowest BCUT2D eigenvalue weighted by Crippen LogP contribution is -2.56. The van der Waals surface area contributed by atoms with Gasteiger partial charge >= 0.3 is 18.4 Å². The standard InChI is InChI=1S/C25H29F7N2O2S/c1-23(2)13-18(26)5-6-20(23)21-12-19(37(4)36)7-8-34(21)22(35)33(3)14-15-9-16(24(27,28)29)11-17(10-15)25(30,31)32/h5-6,9-11,13,19-21H,7-8,12,14H2,1-4H3/t19-,20?,21+,37?/m0/s1. The lowest BCUT2D eigenvalue weighted by Gasteiger charge is -2.48. The van der Waals surface area contributed by atoms with Gasteiger partial charge in [0.05, 0.1) is 11.1 Å². The van der Waals surface area contributed by atoms with Crippen LogP contribution in [0.25, 0.3) is 0 Å². The largest absolute Gasteiger partial charge is 0.416 e. The molecule has 0 N–H and O–H groups in total. The van der Waals surface area contributed by atoms with Gasteiger partial charge in [0.2, 0.25) is 0 Å². The molecule has 0 spiro atoms. The first-order valence-electron chi connectivity index (χ1n) is 11.6. The molecule has 0 saturated carbocycles. The SMILES string of the molecule is CN(Cc1cc(C(F)(F)F)cc(C(F)(F)F)c1)C(=O)N1CC[C@H](S(C)=O)C[C@@H]1C1C=CC(F)=CC1(C)C. The van der Waals surface area contributed by atoms with Crippen LogP contribution >= 0.6 is 0 Å². The van der Waals surface area contributed by atoms with Crippen molar-refractivity contribution in [3.8, 4) is 0 Å². The molecule has 0 aromatic heterocycles. The number of allylic oxidation sites excluding steroid dienone is 3. The van der Waals surface area contributed by atoms with Crippen LogP contribution in [0.5, 0.6) is 0 Å². The molecule has 1 fully saturated rings. The van der Waals surface area contributed by atoms with Gasteiger partial charge in [0.25, 0.3) is 0 Å². The van der Waals surface area contributed by atoms with Gasteiger partial charge in [0.15, 0.2) is 0 Å². The molecule has 1 aliphatic heterocycles. The molecule has 3 rings (SSSR count). The first-order chi connectivity index (χ1) is 16.9. The predicted octanol–water partition coefficient (Wildman–Crippen LogP) is 6.55. The Kier molecular flexibility index (Phi) is 8.22. The van der Waals surface area contributed by atoms with E-state index in [1.807, 2.05) is 0 Å². The molecule has 4 nitrogen and oxygen atoms in total. The summed E-state index contributed by atoms with van der Waals surface area (Å²) in [6, 6.07) is 0.157. The molecule has 1 saturated heterocycles. The quantitative estimate of drug-likeness (QED) is 0.396. The average molecular weight is 555 g/mol. The van der Waals surface area contributed by atoms with Gasteiger partial charge in [0.1, 0.15) is 5.83 Å². The monoisotopic (exact) mass is 554 g/mol. The summed E-state index contributed by atoms with van der Waals surface area (Å²) in [6.45, 7) is 3.32. The van der Waals surface area contributed by atoms with Crippen LogP contribution in [-0.4, -0.2) is 51.2 Å². The lowest BCUT2D eigenvalue weighted by molar-refractivity contribution is -0.143. The molecular weight excluding hydrogens is 525 g/mol. The van der Waals surface area contributed by atoms with Crippen molar-refractivity contribution in [3.05, 3.63) is 58.9 Å².